The molecule has 0 aliphatic carbocycles. The van der Waals surface area contributed by atoms with Gasteiger partial charge < -0.3 is 11.2 Å². The summed E-state index contributed by atoms with van der Waals surface area (Å²) in [5.41, 5.74) is 1.59. The zero-order chi connectivity index (χ0) is 19.4. The summed E-state index contributed by atoms with van der Waals surface area (Å²) in [6.45, 7) is 1.71. The van der Waals surface area contributed by atoms with Crippen LogP contribution in [0.15, 0.2) is 53.7 Å². The van der Waals surface area contributed by atoms with Gasteiger partial charge in [-0.1, -0.05) is 23.9 Å². The van der Waals surface area contributed by atoms with Gasteiger partial charge in [0.1, 0.15) is 5.82 Å². The summed E-state index contributed by atoms with van der Waals surface area (Å²) in [5, 5.41) is 19.4. The van der Waals surface area contributed by atoms with E-state index in [4.69, 9.17) is 11.1 Å². The Labute approximate surface area is 159 Å². The van der Waals surface area contributed by atoms with E-state index in [0.717, 1.165) is 11.8 Å². The van der Waals surface area contributed by atoms with Crippen LogP contribution in [0.5, 0.6) is 0 Å². The molecule has 0 bridgehead atoms. The van der Waals surface area contributed by atoms with Crippen molar-refractivity contribution in [3.63, 3.8) is 0 Å². The van der Waals surface area contributed by atoms with Gasteiger partial charge in [0, 0.05) is 11.3 Å². The van der Waals surface area contributed by atoms with Crippen molar-refractivity contribution in [1.29, 1.82) is 5.26 Å². The average Bonchev–Trinajstić information content (AvgIpc) is 3.02. The first-order valence-corrected chi connectivity index (χ1v) is 8.80. The summed E-state index contributed by atoms with van der Waals surface area (Å²) in [4.78, 5) is 12.4. The summed E-state index contributed by atoms with van der Waals surface area (Å²) in [5.74, 6) is 5.65. The number of anilines is 1. The van der Waals surface area contributed by atoms with Crippen LogP contribution in [0, 0.1) is 17.1 Å². The van der Waals surface area contributed by atoms with Crippen LogP contribution < -0.4 is 11.2 Å². The lowest BCUT2D eigenvalue weighted by atomic mass is 10.2. The zero-order valence-corrected chi connectivity index (χ0v) is 15.1. The molecule has 1 atom stereocenters. The number of nitrogens with one attached hydrogen (secondary N) is 1. The molecule has 9 heteroatoms. The standard InChI is InChI=1S/C18H15FN6OS/c1-11(17(26)22-15-7-5-12(10-20)6-8-15)27-18-24-23-16(25(18)21)13-3-2-4-14(19)9-13/h2-9,11H,21H2,1H3,(H,22,26)/t11-/m1/s1. The molecule has 0 unspecified atom stereocenters. The minimum Gasteiger partial charge on any atom is -0.335 e. The van der Waals surface area contributed by atoms with Gasteiger partial charge in [0.05, 0.1) is 16.9 Å². The minimum atomic E-state index is -0.507. The van der Waals surface area contributed by atoms with Crippen LogP contribution >= 0.6 is 11.8 Å². The van der Waals surface area contributed by atoms with Gasteiger partial charge in [-0.25, -0.2) is 9.07 Å². The summed E-state index contributed by atoms with van der Waals surface area (Å²) in [6, 6.07) is 14.4. The molecule has 7 nitrogen and oxygen atoms in total. The number of carbonyl (C=O) groups is 1. The number of carbonyl (C=O) groups excluding carboxylic acids is 1. The van der Waals surface area contributed by atoms with Crippen LogP contribution in [0.4, 0.5) is 10.1 Å². The monoisotopic (exact) mass is 382 g/mol. The lowest BCUT2D eigenvalue weighted by molar-refractivity contribution is -0.115. The van der Waals surface area contributed by atoms with E-state index in [1.165, 1.54) is 16.8 Å². The molecule has 2 aromatic carbocycles. The van der Waals surface area contributed by atoms with E-state index in [2.05, 4.69) is 15.5 Å². The number of nitrogens with zero attached hydrogens (tertiary/aromatic N) is 4. The lowest BCUT2D eigenvalue weighted by Crippen LogP contribution is -2.23. The molecule has 0 aliphatic heterocycles. The number of halogens is 1. The molecule has 1 aromatic heterocycles. The van der Waals surface area contributed by atoms with Crippen molar-refractivity contribution in [2.75, 3.05) is 11.2 Å². The molecule has 0 aliphatic rings. The Kier molecular flexibility index (Phi) is 5.38. The van der Waals surface area contributed by atoms with E-state index in [-0.39, 0.29) is 5.91 Å². The van der Waals surface area contributed by atoms with Crippen LogP contribution in [0.1, 0.15) is 12.5 Å². The highest BCUT2D eigenvalue weighted by Crippen LogP contribution is 2.25. The van der Waals surface area contributed by atoms with E-state index in [0.29, 0.717) is 27.8 Å². The number of nitriles is 1. The quantitative estimate of drug-likeness (QED) is 0.519. The molecule has 3 N–H and O–H groups in total. The van der Waals surface area contributed by atoms with Gasteiger partial charge in [-0.3, -0.25) is 4.79 Å². The molecular formula is C18H15FN6OS. The molecule has 3 rings (SSSR count). The molecule has 3 aromatic rings. The molecule has 1 heterocycles. The molecular weight excluding hydrogens is 367 g/mol. The van der Waals surface area contributed by atoms with Gasteiger partial charge in [-0.15, -0.1) is 10.2 Å². The van der Waals surface area contributed by atoms with Crippen molar-refractivity contribution in [1.82, 2.24) is 14.9 Å². The van der Waals surface area contributed by atoms with Crippen LogP contribution in [0.3, 0.4) is 0 Å². The first kappa shape index (κ1) is 18.4. The van der Waals surface area contributed by atoms with Gasteiger partial charge in [0.2, 0.25) is 11.1 Å². The Balaban J connectivity index is 1.69. The highest BCUT2D eigenvalue weighted by atomic mass is 32.2. The maximum atomic E-state index is 13.4. The third-order valence-electron chi connectivity index (χ3n) is 3.68. The second-order valence-corrected chi connectivity index (χ2v) is 6.93. The number of nitrogen functional groups attached to an aromatic ring is 1. The zero-order valence-electron chi connectivity index (χ0n) is 14.3. The molecule has 1 amide bonds. The first-order valence-electron chi connectivity index (χ1n) is 7.92. The topological polar surface area (TPSA) is 110 Å². The van der Waals surface area contributed by atoms with E-state index >= 15 is 0 Å². The van der Waals surface area contributed by atoms with E-state index < -0.39 is 11.1 Å². The highest BCUT2D eigenvalue weighted by Gasteiger charge is 2.20. The van der Waals surface area contributed by atoms with Crippen LogP contribution in [-0.2, 0) is 4.79 Å². The molecule has 27 heavy (non-hydrogen) atoms. The van der Waals surface area contributed by atoms with Crippen molar-refractivity contribution < 1.29 is 9.18 Å². The summed E-state index contributed by atoms with van der Waals surface area (Å²) in [7, 11) is 0. The maximum absolute atomic E-state index is 13.4. The van der Waals surface area contributed by atoms with Gasteiger partial charge >= 0.3 is 0 Å². The van der Waals surface area contributed by atoms with E-state index in [1.54, 1.807) is 43.3 Å². The lowest BCUT2D eigenvalue weighted by Gasteiger charge is -2.11. The summed E-state index contributed by atoms with van der Waals surface area (Å²) < 4.78 is 14.6. The van der Waals surface area contributed by atoms with Crippen molar-refractivity contribution in [3.8, 4) is 17.5 Å². The number of hydrogen-bond donors (Lipinski definition) is 2. The minimum absolute atomic E-state index is 0.250. The molecule has 136 valence electrons. The fraction of sp³-hybridized carbons (Fsp3) is 0.111. The number of benzene rings is 2. The molecule has 0 radical (unpaired) electrons. The summed E-state index contributed by atoms with van der Waals surface area (Å²) >= 11 is 1.13. The SMILES string of the molecule is C[C@@H](Sc1nnc(-c2cccc(F)c2)n1N)C(=O)Nc1ccc(C#N)cc1. The number of thioether (sulfide) groups is 1. The van der Waals surface area contributed by atoms with Gasteiger partial charge in [-0.2, -0.15) is 5.26 Å². The normalized spacial score (nSPS) is 11.6. The number of amides is 1. The fourth-order valence-electron chi connectivity index (χ4n) is 2.27. The van der Waals surface area contributed by atoms with Gasteiger partial charge in [-0.05, 0) is 43.3 Å². The Hall–Kier alpha value is -3.38. The van der Waals surface area contributed by atoms with E-state index in [9.17, 15) is 9.18 Å². The van der Waals surface area contributed by atoms with Crippen molar-refractivity contribution in [2.45, 2.75) is 17.3 Å². The smallest absolute Gasteiger partial charge is 0.237 e. The van der Waals surface area contributed by atoms with E-state index in [1.807, 2.05) is 6.07 Å². The first-order chi connectivity index (χ1) is 13.0. The molecule has 0 saturated carbocycles. The second-order valence-electron chi connectivity index (χ2n) is 5.63. The van der Waals surface area contributed by atoms with Gasteiger partial charge in [0.25, 0.3) is 0 Å². The third kappa shape index (κ3) is 4.24. The van der Waals surface area contributed by atoms with Gasteiger partial charge in [0.15, 0.2) is 5.82 Å². The fourth-order valence-corrected chi connectivity index (χ4v) is 3.04. The maximum Gasteiger partial charge on any atom is 0.237 e. The van der Waals surface area contributed by atoms with Crippen molar-refractivity contribution >= 4 is 23.4 Å². The number of hydrogen-bond acceptors (Lipinski definition) is 6. The number of rotatable bonds is 5. The van der Waals surface area contributed by atoms with Crippen LogP contribution in [0.25, 0.3) is 11.4 Å². The Morgan fingerprint density at radius 1 is 1.30 bits per heavy atom. The Bertz CT molecular complexity index is 1010. The number of nitrogens with two attached hydrogens (primary N) is 1. The summed E-state index contributed by atoms with van der Waals surface area (Å²) in [6.07, 6.45) is 0. The Morgan fingerprint density at radius 3 is 2.70 bits per heavy atom. The largest absolute Gasteiger partial charge is 0.335 e. The van der Waals surface area contributed by atoms with Crippen molar-refractivity contribution in [3.05, 3.63) is 59.9 Å². The molecule has 0 spiro atoms. The van der Waals surface area contributed by atoms with Crippen LogP contribution in [0.2, 0.25) is 0 Å². The molecule has 0 fully saturated rings. The Morgan fingerprint density at radius 2 is 2.04 bits per heavy atom. The number of aromatic nitrogens is 3. The predicted molar refractivity (Wildman–Crippen MR) is 101 cm³/mol. The predicted octanol–water partition coefficient (Wildman–Crippen LogP) is 2.79. The molecule has 0 saturated heterocycles. The highest BCUT2D eigenvalue weighted by molar-refractivity contribution is 8.00. The average molecular weight is 382 g/mol. The van der Waals surface area contributed by atoms with Crippen LogP contribution in [-0.4, -0.2) is 26.0 Å². The van der Waals surface area contributed by atoms with Crippen molar-refractivity contribution in [2.24, 2.45) is 0 Å². The second kappa shape index (κ2) is 7.88. The third-order valence-corrected chi connectivity index (χ3v) is 4.74.